The van der Waals surface area contributed by atoms with Crippen molar-refractivity contribution in [3.8, 4) is 0 Å². The van der Waals surface area contributed by atoms with Crippen molar-refractivity contribution in [1.29, 1.82) is 0 Å². The summed E-state index contributed by atoms with van der Waals surface area (Å²) in [6, 6.07) is 17.9. The van der Waals surface area contributed by atoms with Crippen LogP contribution in [0.25, 0.3) is 5.76 Å². The molecule has 0 bridgehead atoms. The van der Waals surface area contributed by atoms with E-state index in [9.17, 15) is 19.1 Å². The fourth-order valence-corrected chi connectivity index (χ4v) is 4.87. The van der Waals surface area contributed by atoms with E-state index in [2.05, 4.69) is 0 Å². The Bertz CT molecular complexity index is 1290. The highest BCUT2D eigenvalue weighted by atomic mass is 19.1. The number of Topliss-reactive ketones (excluding diaryl/α,β-unsaturated/α-hetero) is 1. The average molecular weight is 442 g/mol. The normalized spacial score (nSPS) is 19.6. The van der Waals surface area contributed by atoms with Gasteiger partial charge in [0, 0.05) is 11.3 Å². The Hall–Kier alpha value is -3.73. The van der Waals surface area contributed by atoms with Crippen LogP contribution in [0.4, 0.5) is 10.1 Å². The van der Waals surface area contributed by atoms with Crippen molar-refractivity contribution in [2.75, 3.05) is 4.90 Å². The van der Waals surface area contributed by atoms with E-state index in [0.717, 1.165) is 36.8 Å². The summed E-state index contributed by atoms with van der Waals surface area (Å²) in [4.78, 5) is 27.8. The van der Waals surface area contributed by atoms with Crippen LogP contribution in [0.5, 0.6) is 0 Å². The maximum Gasteiger partial charge on any atom is 0.300 e. The van der Waals surface area contributed by atoms with Crippen LogP contribution in [-0.4, -0.2) is 16.8 Å². The summed E-state index contributed by atoms with van der Waals surface area (Å²) in [5.41, 5.74) is 4.99. The molecule has 3 aromatic carbocycles. The molecule has 0 saturated carbocycles. The van der Waals surface area contributed by atoms with Crippen LogP contribution >= 0.6 is 0 Å². The minimum Gasteiger partial charge on any atom is -0.507 e. The summed E-state index contributed by atoms with van der Waals surface area (Å²) in [7, 11) is 0. The quantitative estimate of drug-likeness (QED) is 0.325. The highest BCUT2D eigenvalue weighted by Gasteiger charge is 2.47. The lowest BCUT2D eigenvalue weighted by Gasteiger charge is -2.26. The monoisotopic (exact) mass is 441 g/mol. The highest BCUT2D eigenvalue weighted by Crippen LogP contribution is 2.42. The molecule has 166 valence electrons. The van der Waals surface area contributed by atoms with Crippen LogP contribution in [-0.2, 0) is 22.4 Å². The fraction of sp³-hybridized carbons (Fsp3) is 0.214. The number of hydrogen-bond donors (Lipinski definition) is 1. The summed E-state index contributed by atoms with van der Waals surface area (Å²) in [5, 5.41) is 11.3. The molecule has 0 radical (unpaired) electrons. The molecule has 1 atom stereocenters. The van der Waals surface area contributed by atoms with Gasteiger partial charge < -0.3 is 5.11 Å². The number of ketones is 1. The molecule has 1 fully saturated rings. The van der Waals surface area contributed by atoms with Crippen LogP contribution in [0.2, 0.25) is 0 Å². The molecule has 5 rings (SSSR count). The third-order valence-corrected chi connectivity index (χ3v) is 6.53. The van der Waals surface area contributed by atoms with Crippen molar-refractivity contribution in [1.82, 2.24) is 0 Å². The Balaban J connectivity index is 1.69. The van der Waals surface area contributed by atoms with Crippen LogP contribution in [0, 0.1) is 12.7 Å². The van der Waals surface area contributed by atoms with Gasteiger partial charge in [-0.05, 0) is 85.2 Å². The number of aryl methyl sites for hydroxylation is 3. The first-order valence-electron chi connectivity index (χ1n) is 11.2. The average Bonchev–Trinajstić information content (AvgIpc) is 3.09. The van der Waals surface area contributed by atoms with Gasteiger partial charge >= 0.3 is 0 Å². The minimum absolute atomic E-state index is 0.0175. The number of halogens is 1. The molecule has 4 nitrogen and oxygen atoms in total. The number of nitrogens with zero attached hydrogens (tertiary/aromatic N) is 1. The zero-order valence-corrected chi connectivity index (χ0v) is 18.3. The molecule has 1 heterocycles. The molecule has 5 heteroatoms. The van der Waals surface area contributed by atoms with Gasteiger partial charge in [0.15, 0.2) is 0 Å². The smallest absolute Gasteiger partial charge is 0.300 e. The van der Waals surface area contributed by atoms with Crippen LogP contribution in [0.1, 0.15) is 46.7 Å². The van der Waals surface area contributed by atoms with Crippen molar-refractivity contribution in [2.45, 2.75) is 38.6 Å². The first kappa shape index (κ1) is 21.1. The van der Waals surface area contributed by atoms with E-state index in [-0.39, 0.29) is 11.3 Å². The Labute approximate surface area is 192 Å². The van der Waals surface area contributed by atoms with Gasteiger partial charge in [0.1, 0.15) is 11.6 Å². The Morgan fingerprint density at radius 3 is 2.39 bits per heavy atom. The van der Waals surface area contributed by atoms with Crippen LogP contribution < -0.4 is 4.90 Å². The highest BCUT2D eigenvalue weighted by molar-refractivity contribution is 6.51. The van der Waals surface area contributed by atoms with Gasteiger partial charge in [-0.3, -0.25) is 14.5 Å². The van der Waals surface area contributed by atoms with Crippen molar-refractivity contribution >= 4 is 23.1 Å². The lowest BCUT2D eigenvalue weighted by molar-refractivity contribution is -0.132. The molecule has 1 aliphatic carbocycles. The number of rotatable bonds is 3. The maximum atomic E-state index is 13.7. The van der Waals surface area contributed by atoms with E-state index >= 15 is 0 Å². The Kier molecular flexibility index (Phi) is 5.33. The summed E-state index contributed by atoms with van der Waals surface area (Å²) in [6.45, 7) is 1.90. The maximum absolute atomic E-state index is 13.7. The van der Waals surface area contributed by atoms with E-state index in [0.29, 0.717) is 16.8 Å². The standard InChI is InChI=1S/C28H24FNO3/c1-17-5-4-8-23(15-17)30-25(19-11-13-22(29)14-12-19)24(27(32)28(30)33)26(31)21-10-9-18-6-2-3-7-20(18)16-21/h4-5,8-16,25,31H,2-3,6-7H2,1H3/b26-24-. The Morgan fingerprint density at radius 2 is 1.67 bits per heavy atom. The number of hydrogen-bond acceptors (Lipinski definition) is 3. The molecule has 2 aliphatic rings. The number of anilines is 1. The molecule has 1 amide bonds. The van der Waals surface area contributed by atoms with Gasteiger partial charge in [-0.25, -0.2) is 4.39 Å². The van der Waals surface area contributed by atoms with Crippen molar-refractivity contribution in [2.24, 2.45) is 0 Å². The first-order valence-corrected chi connectivity index (χ1v) is 11.2. The lowest BCUT2D eigenvalue weighted by atomic mass is 9.88. The van der Waals surface area contributed by atoms with Crippen molar-refractivity contribution in [3.05, 3.63) is 106 Å². The predicted molar refractivity (Wildman–Crippen MR) is 125 cm³/mol. The summed E-state index contributed by atoms with van der Waals surface area (Å²) in [6.07, 6.45) is 4.16. The van der Waals surface area contributed by atoms with E-state index < -0.39 is 23.5 Å². The molecule has 1 unspecified atom stereocenters. The topological polar surface area (TPSA) is 57.6 Å². The van der Waals surface area contributed by atoms with Gasteiger partial charge in [-0.1, -0.05) is 36.4 Å². The largest absolute Gasteiger partial charge is 0.507 e. The molecule has 3 aromatic rings. The third kappa shape index (κ3) is 3.74. The second-order valence-electron chi connectivity index (χ2n) is 8.75. The zero-order valence-electron chi connectivity index (χ0n) is 18.3. The third-order valence-electron chi connectivity index (χ3n) is 6.53. The summed E-state index contributed by atoms with van der Waals surface area (Å²) in [5.74, 6) is -2.08. The minimum atomic E-state index is -0.858. The first-order chi connectivity index (χ1) is 15.9. The number of aliphatic hydroxyl groups excluding tert-OH is 1. The Morgan fingerprint density at radius 1 is 0.939 bits per heavy atom. The number of aliphatic hydroxyl groups is 1. The number of fused-ring (bicyclic) bond motifs is 1. The van der Waals surface area contributed by atoms with Gasteiger partial charge in [0.25, 0.3) is 11.7 Å². The molecule has 33 heavy (non-hydrogen) atoms. The van der Waals surface area contributed by atoms with Crippen LogP contribution in [0.3, 0.4) is 0 Å². The molecule has 1 aliphatic heterocycles. The molecular formula is C28H24FNO3. The summed E-state index contributed by atoms with van der Waals surface area (Å²) < 4.78 is 13.7. The van der Waals surface area contributed by atoms with Crippen LogP contribution in [0.15, 0.2) is 72.3 Å². The molecular weight excluding hydrogens is 417 g/mol. The number of carbonyl (C=O) groups is 2. The summed E-state index contributed by atoms with van der Waals surface area (Å²) >= 11 is 0. The SMILES string of the molecule is Cc1cccc(N2C(=O)C(=O)/C(=C(\O)c3ccc4c(c3)CCCC4)C2c2ccc(F)cc2)c1. The second kappa shape index (κ2) is 8.32. The molecule has 1 N–H and O–H groups in total. The number of amides is 1. The number of benzene rings is 3. The van der Waals surface area contributed by atoms with Gasteiger partial charge in [0.2, 0.25) is 0 Å². The van der Waals surface area contributed by atoms with E-state index in [4.69, 9.17) is 0 Å². The van der Waals surface area contributed by atoms with Gasteiger partial charge in [-0.15, -0.1) is 0 Å². The second-order valence-corrected chi connectivity index (χ2v) is 8.75. The number of carbonyl (C=O) groups excluding carboxylic acids is 2. The van der Waals surface area contributed by atoms with E-state index in [1.54, 1.807) is 24.3 Å². The van der Waals surface area contributed by atoms with Crippen molar-refractivity contribution in [3.63, 3.8) is 0 Å². The van der Waals surface area contributed by atoms with E-state index in [1.165, 1.54) is 22.6 Å². The van der Waals surface area contributed by atoms with E-state index in [1.807, 2.05) is 37.3 Å². The zero-order chi connectivity index (χ0) is 23.1. The molecule has 0 spiro atoms. The molecule has 0 aromatic heterocycles. The van der Waals surface area contributed by atoms with Gasteiger partial charge in [-0.2, -0.15) is 0 Å². The fourth-order valence-electron chi connectivity index (χ4n) is 4.87. The van der Waals surface area contributed by atoms with Gasteiger partial charge in [0.05, 0.1) is 11.6 Å². The molecule has 1 saturated heterocycles. The lowest BCUT2D eigenvalue weighted by Crippen LogP contribution is -2.29. The predicted octanol–water partition coefficient (Wildman–Crippen LogP) is 5.64. The van der Waals surface area contributed by atoms with Crippen molar-refractivity contribution < 1.29 is 19.1 Å².